The molecule has 3 rings (SSSR count). The number of aliphatic carboxylic acids is 2. The summed E-state index contributed by atoms with van der Waals surface area (Å²) < 4.78 is 0. The first-order chi connectivity index (χ1) is 15.6. The first-order valence-corrected chi connectivity index (χ1v) is 10.2. The minimum absolute atomic E-state index is 0.0354. The van der Waals surface area contributed by atoms with Crippen molar-refractivity contribution in [1.82, 2.24) is 15.3 Å². The summed E-state index contributed by atoms with van der Waals surface area (Å²) in [6, 6.07) is 5.15. The second-order valence-corrected chi connectivity index (χ2v) is 7.62. The van der Waals surface area contributed by atoms with E-state index in [0.717, 1.165) is 0 Å². The van der Waals surface area contributed by atoms with Crippen LogP contribution in [0.3, 0.4) is 0 Å². The van der Waals surface area contributed by atoms with Gasteiger partial charge in [-0.05, 0) is 30.7 Å². The van der Waals surface area contributed by atoms with E-state index in [1.54, 1.807) is 12.1 Å². The van der Waals surface area contributed by atoms with Gasteiger partial charge in [0.25, 0.3) is 11.5 Å². The summed E-state index contributed by atoms with van der Waals surface area (Å²) in [5.74, 6) is -2.76. The molecule has 1 aromatic carbocycles. The van der Waals surface area contributed by atoms with Crippen LogP contribution in [0.2, 0.25) is 0 Å². The first kappa shape index (κ1) is 23.4. The highest BCUT2D eigenvalue weighted by Gasteiger charge is 2.43. The van der Waals surface area contributed by atoms with Crippen molar-refractivity contribution in [2.75, 3.05) is 34.8 Å². The number of benzene rings is 1. The molecule has 0 bridgehead atoms. The van der Waals surface area contributed by atoms with Crippen molar-refractivity contribution in [1.29, 1.82) is 0 Å². The highest BCUT2D eigenvalue weighted by molar-refractivity contribution is 5.97. The number of amides is 1. The van der Waals surface area contributed by atoms with E-state index in [0.29, 0.717) is 18.5 Å². The third kappa shape index (κ3) is 5.14. The minimum atomic E-state index is -1.57. The zero-order valence-electron chi connectivity index (χ0n) is 17.8. The van der Waals surface area contributed by atoms with Gasteiger partial charge in [0.1, 0.15) is 11.7 Å². The number of nitrogen functional groups attached to an aromatic ring is 1. The Bertz CT molecular complexity index is 1120. The molecule has 9 N–H and O–H groups in total. The van der Waals surface area contributed by atoms with Crippen molar-refractivity contribution in [2.45, 2.75) is 31.3 Å². The number of aromatic amines is 1. The molecule has 0 spiro atoms. The summed E-state index contributed by atoms with van der Waals surface area (Å²) in [5.41, 5.74) is 4.09. The topological polar surface area (TPSA) is 212 Å². The van der Waals surface area contributed by atoms with Gasteiger partial charge in [-0.2, -0.15) is 4.98 Å². The van der Waals surface area contributed by atoms with Crippen LogP contribution in [0.5, 0.6) is 0 Å². The first-order valence-electron chi connectivity index (χ1n) is 10.2. The number of nitrogens with two attached hydrogens (primary N) is 1. The van der Waals surface area contributed by atoms with E-state index in [1.807, 2.05) is 6.92 Å². The number of hydrogen-bond donors (Lipinski definition) is 8. The normalized spacial score (nSPS) is 17.6. The summed E-state index contributed by atoms with van der Waals surface area (Å²) in [6.45, 7) is 1.64. The summed E-state index contributed by atoms with van der Waals surface area (Å²) in [6.07, 6.45) is 0.918. The number of fused-ring (bicyclic) bond motifs is 1. The van der Waals surface area contributed by atoms with E-state index in [-0.39, 0.29) is 36.1 Å². The van der Waals surface area contributed by atoms with Gasteiger partial charge in [-0.15, -0.1) is 0 Å². The quantitative estimate of drug-likeness (QED) is 0.252. The molecule has 176 valence electrons. The van der Waals surface area contributed by atoms with E-state index in [9.17, 15) is 29.4 Å². The molecule has 13 nitrogen and oxygen atoms in total. The van der Waals surface area contributed by atoms with Crippen molar-refractivity contribution in [3.8, 4) is 0 Å². The Balaban J connectivity index is 1.69. The fourth-order valence-corrected chi connectivity index (χ4v) is 3.34. The van der Waals surface area contributed by atoms with Crippen LogP contribution in [0, 0.1) is 0 Å². The molecule has 1 aliphatic heterocycles. The maximum Gasteiger partial charge on any atom is 0.333 e. The molecule has 1 amide bonds. The number of hydrogen-bond acceptors (Lipinski definition) is 9. The number of anilines is 4. The molecule has 0 saturated heterocycles. The molecule has 1 aliphatic rings. The molecule has 33 heavy (non-hydrogen) atoms. The Labute approximate surface area is 187 Å². The Morgan fingerprint density at radius 1 is 1.24 bits per heavy atom. The predicted molar refractivity (Wildman–Crippen MR) is 120 cm³/mol. The third-order valence-corrected chi connectivity index (χ3v) is 5.19. The molecule has 2 aromatic rings. The average molecular weight is 459 g/mol. The fraction of sp³-hybridized carbons (Fsp3) is 0.350. The van der Waals surface area contributed by atoms with Gasteiger partial charge >= 0.3 is 11.9 Å². The lowest BCUT2D eigenvalue weighted by molar-refractivity contribution is -0.141. The van der Waals surface area contributed by atoms with Gasteiger partial charge in [-0.3, -0.25) is 14.6 Å². The Morgan fingerprint density at radius 2 is 1.94 bits per heavy atom. The van der Waals surface area contributed by atoms with Gasteiger partial charge < -0.3 is 37.2 Å². The number of nitrogens with one attached hydrogen (secondary N) is 5. The van der Waals surface area contributed by atoms with E-state index in [4.69, 9.17) is 5.73 Å². The zero-order valence-corrected chi connectivity index (χ0v) is 17.8. The minimum Gasteiger partial charge on any atom is -0.480 e. The number of nitrogens with zero attached hydrogens (tertiary/aromatic N) is 1. The maximum atomic E-state index is 12.3. The smallest absolute Gasteiger partial charge is 0.333 e. The summed E-state index contributed by atoms with van der Waals surface area (Å²) in [5, 5.41) is 30.0. The predicted octanol–water partition coefficient (Wildman–Crippen LogP) is 0.108. The van der Waals surface area contributed by atoms with Crippen molar-refractivity contribution in [3.63, 3.8) is 0 Å². The molecule has 0 aliphatic carbocycles. The highest BCUT2D eigenvalue weighted by atomic mass is 16.4. The molecule has 0 radical (unpaired) electrons. The van der Waals surface area contributed by atoms with Crippen LogP contribution in [0.1, 0.15) is 30.1 Å². The monoisotopic (exact) mass is 459 g/mol. The van der Waals surface area contributed by atoms with Gasteiger partial charge in [-0.1, -0.05) is 13.3 Å². The van der Waals surface area contributed by atoms with Gasteiger partial charge in [0.2, 0.25) is 5.95 Å². The van der Waals surface area contributed by atoms with Gasteiger partial charge in [0.15, 0.2) is 11.4 Å². The van der Waals surface area contributed by atoms with Crippen LogP contribution in [0.15, 0.2) is 29.1 Å². The molecule has 13 heteroatoms. The van der Waals surface area contributed by atoms with Gasteiger partial charge in [0.05, 0.1) is 13.1 Å². The van der Waals surface area contributed by atoms with Crippen molar-refractivity contribution in [2.24, 2.45) is 0 Å². The Morgan fingerprint density at radius 3 is 2.55 bits per heavy atom. The lowest BCUT2D eigenvalue weighted by Crippen LogP contribution is -2.59. The largest absolute Gasteiger partial charge is 0.480 e. The number of carboxylic acid groups (broad SMARTS) is 2. The Hall–Kier alpha value is -4.29. The number of aromatic nitrogens is 2. The standard InChI is InChI=1S/C20H25N7O6/c1-2-3-12(17(30)31)24-15(28)10-4-6-11(7-5-10)22-8-20(18(32)33)9-23-14-13(27-20)16(29)26-19(21)25-14/h4-7,12,22,27H,2-3,8-9H2,1H3,(H,24,28)(H,30,31)(H,32,33)(H4,21,23,25,26,29)/t12-,20+/m0/s1. The van der Waals surface area contributed by atoms with Crippen LogP contribution < -0.4 is 32.6 Å². The molecule has 1 aromatic heterocycles. The fourth-order valence-electron chi connectivity index (χ4n) is 3.34. The number of carboxylic acids is 2. The van der Waals surface area contributed by atoms with Crippen LogP contribution in [0.25, 0.3) is 0 Å². The Kier molecular flexibility index (Phi) is 6.70. The van der Waals surface area contributed by atoms with Crippen molar-refractivity contribution < 1.29 is 24.6 Å². The summed E-state index contributed by atoms with van der Waals surface area (Å²) in [7, 11) is 0. The van der Waals surface area contributed by atoms with Crippen LogP contribution >= 0.6 is 0 Å². The number of carbonyl (C=O) groups excluding carboxylic acids is 1. The second kappa shape index (κ2) is 9.46. The second-order valence-electron chi connectivity index (χ2n) is 7.62. The van der Waals surface area contributed by atoms with Crippen molar-refractivity contribution in [3.05, 3.63) is 40.2 Å². The molecular weight excluding hydrogens is 434 g/mol. The molecule has 2 heterocycles. The number of H-pyrrole nitrogens is 1. The maximum absolute atomic E-state index is 12.3. The van der Waals surface area contributed by atoms with E-state index in [1.165, 1.54) is 12.1 Å². The lowest BCUT2D eigenvalue weighted by atomic mass is 9.96. The van der Waals surface area contributed by atoms with E-state index < -0.39 is 35.0 Å². The van der Waals surface area contributed by atoms with Crippen LogP contribution in [-0.2, 0) is 9.59 Å². The average Bonchev–Trinajstić information content (AvgIpc) is 2.77. The number of rotatable bonds is 9. The van der Waals surface area contributed by atoms with E-state index in [2.05, 4.69) is 31.2 Å². The van der Waals surface area contributed by atoms with Crippen LogP contribution in [-0.4, -0.2) is 62.7 Å². The summed E-state index contributed by atoms with van der Waals surface area (Å²) >= 11 is 0. The summed E-state index contributed by atoms with van der Waals surface area (Å²) in [4.78, 5) is 54.0. The third-order valence-electron chi connectivity index (χ3n) is 5.19. The van der Waals surface area contributed by atoms with Gasteiger partial charge in [-0.25, -0.2) is 9.59 Å². The molecule has 2 atom stereocenters. The molecular formula is C20H25N7O6. The highest BCUT2D eigenvalue weighted by Crippen LogP contribution is 2.26. The molecule has 0 fully saturated rings. The zero-order chi connectivity index (χ0) is 24.2. The van der Waals surface area contributed by atoms with Gasteiger partial charge in [0, 0.05) is 11.3 Å². The molecule has 0 saturated carbocycles. The lowest BCUT2D eigenvalue weighted by Gasteiger charge is -2.36. The van der Waals surface area contributed by atoms with Crippen LogP contribution in [0.4, 0.5) is 23.1 Å². The van der Waals surface area contributed by atoms with Crippen molar-refractivity contribution >= 4 is 41.0 Å². The van der Waals surface area contributed by atoms with E-state index >= 15 is 0 Å². The number of carbonyl (C=O) groups is 3. The molecule has 0 unspecified atom stereocenters. The SMILES string of the molecule is CCC[C@H](NC(=O)c1ccc(NC[C@]2(C(=O)O)CNc3nc(N)[nH]c(=O)c3N2)cc1)C(=O)O.